The highest BCUT2D eigenvalue weighted by Crippen LogP contribution is 2.37. The molecule has 4 atom stereocenters. The smallest absolute Gasteiger partial charge is 0.240 e. The molecule has 2 aromatic heterocycles. The lowest BCUT2D eigenvalue weighted by Crippen LogP contribution is -2.55. The first-order valence-corrected chi connectivity index (χ1v) is 19.4. The first-order chi connectivity index (χ1) is 23.8. The summed E-state index contributed by atoms with van der Waals surface area (Å²) in [5.41, 5.74) is 1.65. The number of carbonyl (C=O) groups excluding carboxylic acids is 3. The summed E-state index contributed by atoms with van der Waals surface area (Å²) in [7, 11) is 1.66. The highest BCUT2D eigenvalue weighted by Gasteiger charge is 2.47. The number of aryl methyl sites for hydroxylation is 1. The Bertz CT molecular complexity index is 1520. The van der Waals surface area contributed by atoms with Gasteiger partial charge >= 0.3 is 0 Å². The van der Waals surface area contributed by atoms with E-state index < -0.39 is 0 Å². The van der Waals surface area contributed by atoms with E-state index in [1.807, 2.05) is 10.9 Å². The standard InChI is InChI=1S/C35H51N9O4S/c1-22-29-17-32(45)36-24-15-30(42(18-24)26-5-3-4-6-26)34(46)41-13-9-27(10-14-41)43-20-28(44-19-25(21-48-2)38-39-44)16-31(43)35(47)40-11-7-23(8-12-40)33(37-29)49-22/h19,23-24,26-28,30-31H,3-18,20-21H2,1-2H3,(H,36,45)/t24-,28+,30+,31+/m1/s1. The van der Waals surface area contributed by atoms with Gasteiger partial charge in [0.05, 0.1) is 48.1 Å². The van der Waals surface area contributed by atoms with E-state index in [9.17, 15) is 14.4 Å². The van der Waals surface area contributed by atoms with E-state index >= 15 is 0 Å². The van der Waals surface area contributed by atoms with Crippen molar-refractivity contribution in [2.45, 2.75) is 126 Å². The van der Waals surface area contributed by atoms with E-state index in [4.69, 9.17) is 9.72 Å². The average Bonchev–Trinajstić information content (AvgIpc) is 3.95. The highest BCUT2D eigenvalue weighted by atomic mass is 32.1. The van der Waals surface area contributed by atoms with Crippen LogP contribution < -0.4 is 5.32 Å². The fourth-order valence-corrected chi connectivity index (χ4v) is 10.7. The monoisotopic (exact) mass is 693 g/mol. The maximum Gasteiger partial charge on any atom is 0.240 e. The zero-order valence-electron chi connectivity index (χ0n) is 29.0. The van der Waals surface area contributed by atoms with Gasteiger partial charge in [0.2, 0.25) is 17.7 Å². The average molecular weight is 694 g/mol. The summed E-state index contributed by atoms with van der Waals surface area (Å²) in [5.74, 6) is 0.707. The van der Waals surface area contributed by atoms with Crippen molar-refractivity contribution < 1.29 is 19.1 Å². The number of nitrogens with zero attached hydrogens (tertiary/aromatic N) is 8. The van der Waals surface area contributed by atoms with Crippen LogP contribution in [-0.2, 0) is 32.1 Å². The van der Waals surface area contributed by atoms with Gasteiger partial charge in [0, 0.05) is 75.3 Å². The lowest BCUT2D eigenvalue weighted by Gasteiger charge is -2.42. The number of ether oxygens (including phenoxy) is 1. The number of piperidine rings is 2. The highest BCUT2D eigenvalue weighted by molar-refractivity contribution is 7.11. The molecule has 7 aliphatic heterocycles. The van der Waals surface area contributed by atoms with E-state index in [2.05, 4.69) is 42.2 Å². The van der Waals surface area contributed by atoms with E-state index in [1.165, 1.54) is 12.8 Å². The van der Waals surface area contributed by atoms with E-state index in [0.717, 1.165) is 72.9 Å². The number of thiazole rings is 1. The van der Waals surface area contributed by atoms with Crippen molar-refractivity contribution in [3.63, 3.8) is 0 Å². The molecule has 4 saturated heterocycles. The Kier molecular flexibility index (Phi) is 9.49. The number of aromatic nitrogens is 4. The third-order valence-electron chi connectivity index (χ3n) is 12.2. The maximum absolute atomic E-state index is 14.4. The first kappa shape index (κ1) is 33.2. The molecule has 8 aliphatic rings. The Hall–Kier alpha value is -2.94. The van der Waals surface area contributed by atoms with Crippen LogP contribution in [0.1, 0.15) is 97.4 Å². The fraction of sp³-hybridized carbons (Fsp3) is 0.771. The molecular formula is C35H51N9O4S. The van der Waals surface area contributed by atoms with Crippen molar-refractivity contribution in [1.82, 2.24) is 44.9 Å². The van der Waals surface area contributed by atoms with Crippen LogP contribution in [0.5, 0.6) is 0 Å². The van der Waals surface area contributed by atoms with Crippen LogP contribution in [0.2, 0.25) is 0 Å². The van der Waals surface area contributed by atoms with Crippen molar-refractivity contribution in [3.8, 4) is 0 Å². The Morgan fingerprint density at radius 1 is 0.857 bits per heavy atom. The Labute approximate surface area is 292 Å². The largest absolute Gasteiger partial charge is 0.378 e. The second-order valence-electron chi connectivity index (χ2n) is 15.3. The van der Waals surface area contributed by atoms with Crippen molar-refractivity contribution >= 4 is 29.1 Å². The molecule has 1 aliphatic carbocycles. The number of hydrogen-bond acceptors (Lipinski definition) is 10. The van der Waals surface area contributed by atoms with Crippen molar-refractivity contribution in [2.24, 2.45) is 0 Å². The van der Waals surface area contributed by atoms with Gasteiger partial charge in [-0.25, -0.2) is 9.67 Å². The molecule has 0 unspecified atom stereocenters. The number of nitrogens with one attached hydrogen (secondary N) is 1. The van der Waals surface area contributed by atoms with Crippen LogP contribution in [0.15, 0.2) is 6.20 Å². The minimum Gasteiger partial charge on any atom is -0.378 e. The zero-order chi connectivity index (χ0) is 33.6. The molecular weight excluding hydrogens is 643 g/mol. The zero-order valence-corrected chi connectivity index (χ0v) is 29.8. The topological polar surface area (TPSA) is 129 Å². The first-order valence-electron chi connectivity index (χ1n) is 18.6. The quantitative estimate of drug-likeness (QED) is 0.513. The van der Waals surface area contributed by atoms with E-state index in [-0.39, 0.29) is 54.4 Å². The minimum atomic E-state index is -0.225. The summed E-state index contributed by atoms with van der Waals surface area (Å²) in [6.45, 7) is 6.74. The molecule has 5 fully saturated rings. The fourth-order valence-electron chi connectivity index (χ4n) is 9.64. The molecule has 1 saturated carbocycles. The number of rotatable bonds is 4. The van der Waals surface area contributed by atoms with Crippen LogP contribution in [0, 0.1) is 6.92 Å². The summed E-state index contributed by atoms with van der Waals surface area (Å²) < 4.78 is 7.21. The van der Waals surface area contributed by atoms with Crippen LogP contribution in [0.4, 0.5) is 0 Å². The van der Waals surface area contributed by atoms with Gasteiger partial charge < -0.3 is 19.9 Å². The van der Waals surface area contributed by atoms with Gasteiger partial charge in [-0.1, -0.05) is 18.1 Å². The van der Waals surface area contributed by atoms with E-state index in [0.29, 0.717) is 57.6 Å². The summed E-state index contributed by atoms with van der Waals surface area (Å²) >= 11 is 1.70. The molecule has 2 aromatic rings. The summed E-state index contributed by atoms with van der Waals surface area (Å²) in [5, 5.41) is 13.2. The minimum absolute atomic E-state index is 0.00347. The maximum atomic E-state index is 14.4. The number of amides is 3. The molecule has 0 aromatic carbocycles. The summed E-state index contributed by atoms with van der Waals surface area (Å²) in [6.07, 6.45) is 11.7. The molecule has 0 spiro atoms. The summed E-state index contributed by atoms with van der Waals surface area (Å²) in [6, 6.07) is 0.214. The molecule has 13 nitrogen and oxygen atoms in total. The molecule has 49 heavy (non-hydrogen) atoms. The molecule has 14 heteroatoms. The predicted octanol–water partition coefficient (Wildman–Crippen LogP) is 2.26. The van der Waals surface area contributed by atoms with Crippen LogP contribution in [0.3, 0.4) is 0 Å². The second-order valence-corrected chi connectivity index (χ2v) is 16.5. The van der Waals surface area contributed by atoms with Crippen molar-refractivity contribution in [3.05, 3.63) is 27.5 Å². The van der Waals surface area contributed by atoms with Gasteiger partial charge in [0.25, 0.3) is 0 Å². The lowest BCUT2D eigenvalue weighted by molar-refractivity contribution is -0.141. The normalized spacial score (nSPS) is 32.2. The molecule has 3 amide bonds. The van der Waals surface area contributed by atoms with Crippen LogP contribution >= 0.6 is 11.3 Å². The SMILES string of the molecule is COCc1cn([C@H]2C[C@H]3C(=O)N4CCC(CC4)c4nc(c(C)s4)CC(=O)N[C@@H]4C[C@@H](C(=O)N5CCC(CC5)N3C2)N(C2CCCC2)C4)nn1. The van der Waals surface area contributed by atoms with Crippen molar-refractivity contribution in [2.75, 3.05) is 46.4 Å². The number of fused-ring (bicyclic) bond motifs is 2. The van der Waals surface area contributed by atoms with Crippen LogP contribution in [-0.4, -0.2) is 134 Å². The molecule has 9 heterocycles. The Morgan fingerprint density at radius 2 is 1.51 bits per heavy atom. The second kappa shape index (κ2) is 14.0. The van der Waals surface area contributed by atoms with Crippen molar-refractivity contribution in [1.29, 1.82) is 0 Å². The molecule has 8 bridgehead atoms. The summed E-state index contributed by atoms with van der Waals surface area (Å²) in [4.78, 5) is 57.1. The van der Waals surface area contributed by atoms with Gasteiger partial charge in [-0.3, -0.25) is 24.2 Å². The number of carbonyl (C=O) groups is 3. The number of likely N-dealkylation sites (tertiary alicyclic amines) is 1. The van der Waals surface area contributed by atoms with Gasteiger partial charge in [-0.2, -0.15) is 0 Å². The third-order valence-corrected chi connectivity index (χ3v) is 13.4. The van der Waals surface area contributed by atoms with Gasteiger partial charge in [0.1, 0.15) is 5.69 Å². The number of methoxy groups -OCH3 is 1. The Morgan fingerprint density at radius 3 is 2.22 bits per heavy atom. The van der Waals surface area contributed by atoms with Gasteiger partial charge in [-0.05, 0) is 58.3 Å². The van der Waals surface area contributed by atoms with E-state index in [1.54, 1.807) is 18.4 Å². The lowest BCUT2D eigenvalue weighted by atomic mass is 9.96. The molecule has 266 valence electrons. The Balaban J connectivity index is 1.07. The predicted molar refractivity (Wildman–Crippen MR) is 183 cm³/mol. The van der Waals surface area contributed by atoms with Gasteiger partial charge in [0.15, 0.2) is 0 Å². The molecule has 10 rings (SSSR count). The number of hydrogen-bond donors (Lipinski definition) is 1. The third kappa shape index (κ3) is 6.65. The van der Waals surface area contributed by atoms with Gasteiger partial charge in [-0.15, -0.1) is 16.4 Å². The molecule has 0 radical (unpaired) electrons. The molecule has 1 N–H and O–H groups in total. The van der Waals surface area contributed by atoms with Crippen LogP contribution in [0.25, 0.3) is 0 Å².